The van der Waals surface area contributed by atoms with Gasteiger partial charge in [-0.15, -0.1) is 0 Å². The Labute approximate surface area is 115 Å². The molecule has 1 saturated carbocycles. The Morgan fingerprint density at radius 2 is 2.21 bits per heavy atom. The van der Waals surface area contributed by atoms with E-state index in [4.69, 9.17) is 0 Å². The van der Waals surface area contributed by atoms with Gasteiger partial charge in [-0.25, -0.2) is 13.1 Å². The van der Waals surface area contributed by atoms with Gasteiger partial charge in [0, 0.05) is 6.20 Å². The van der Waals surface area contributed by atoms with Crippen molar-refractivity contribution in [3.05, 3.63) is 29.6 Å². The normalized spacial score (nSPS) is 17.4. The highest BCUT2D eigenvalue weighted by Crippen LogP contribution is 2.41. The molecule has 2 rings (SSSR count). The molecule has 1 fully saturated rings. The minimum absolute atomic E-state index is 0.150. The molecule has 0 aliphatic heterocycles. The minimum atomic E-state index is -3.20. The summed E-state index contributed by atoms with van der Waals surface area (Å²) in [4.78, 5) is 4.38. The van der Waals surface area contributed by atoms with Crippen LogP contribution in [0, 0.1) is 12.8 Å². The molecule has 1 unspecified atom stereocenters. The summed E-state index contributed by atoms with van der Waals surface area (Å²) in [6, 6.07) is 3.72. The maximum Gasteiger partial charge on any atom is 0.212 e. The zero-order chi connectivity index (χ0) is 13.9. The van der Waals surface area contributed by atoms with Crippen molar-refractivity contribution in [1.29, 1.82) is 0 Å². The van der Waals surface area contributed by atoms with E-state index in [1.807, 2.05) is 26.0 Å². The summed E-state index contributed by atoms with van der Waals surface area (Å²) in [5.41, 5.74) is 1.93. The molecule has 1 aliphatic carbocycles. The summed E-state index contributed by atoms with van der Waals surface area (Å²) < 4.78 is 27.0. The Morgan fingerprint density at radius 3 is 2.79 bits per heavy atom. The summed E-state index contributed by atoms with van der Waals surface area (Å²) >= 11 is 0. The number of aryl methyl sites for hydroxylation is 1. The van der Waals surface area contributed by atoms with Crippen molar-refractivity contribution in [3.8, 4) is 0 Å². The van der Waals surface area contributed by atoms with Gasteiger partial charge >= 0.3 is 0 Å². The molecule has 0 spiro atoms. The Balaban J connectivity index is 2.16. The third-order valence-corrected chi connectivity index (χ3v) is 4.95. The van der Waals surface area contributed by atoms with Crippen LogP contribution >= 0.6 is 0 Å². The largest absolute Gasteiger partial charge is 0.259 e. The number of sulfonamides is 1. The lowest BCUT2D eigenvalue weighted by molar-refractivity contribution is 0.517. The smallest absolute Gasteiger partial charge is 0.212 e. The molecule has 5 heteroatoms. The maximum absolute atomic E-state index is 12.1. The second kappa shape index (κ2) is 6.01. The number of hydrogen-bond donors (Lipinski definition) is 1. The van der Waals surface area contributed by atoms with Crippen LogP contribution in [0.2, 0.25) is 0 Å². The Morgan fingerprint density at radius 1 is 1.47 bits per heavy atom. The third kappa shape index (κ3) is 4.01. The second-order valence-electron chi connectivity index (χ2n) is 5.31. The molecule has 0 saturated heterocycles. The standard InChI is InChI=1S/C14H22N2O2S/c1-3-4-10-19(17,18)16-14(12-7-8-12)13-11(2)6-5-9-15-13/h5-6,9,12,14,16H,3-4,7-8,10H2,1-2H3. The lowest BCUT2D eigenvalue weighted by Crippen LogP contribution is -2.32. The lowest BCUT2D eigenvalue weighted by atomic mass is 10.1. The first-order valence-electron chi connectivity index (χ1n) is 6.95. The molecule has 0 bridgehead atoms. The Kier molecular flexibility index (Phi) is 4.58. The number of unbranched alkanes of at least 4 members (excludes halogenated alkanes) is 1. The molecular formula is C14H22N2O2S. The van der Waals surface area contributed by atoms with E-state index in [0.29, 0.717) is 12.3 Å². The van der Waals surface area contributed by atoms with Crippen molar-refractivity contribution in [2.24, 2.45) is 5.92 Å². The maximum atomic E-state index is 12.1. The zero-order valence-corrected chi connectivity index (χ0v) is 12.4. The van der Waals surface area contributed by atoms with E-state index in [0.717, 1.165) is 30.5 Å². The van der Waals surface area contributed by atoms with E-state index in [9.17, 15) is 8.42 Å². The number of pyridine rings is 1. The van der Waals surface area contributed by atoms with Crippen LogP contribution in [0.1, 0.15) is 49.9 Å². The van der Waals surface area contributed by atoms with E-state index in [-0.39, 0.29) is 11.8 Å². The van der Waals surface area contributed by atoms with Crippen molar-refractivity contribution in [2.45, 2.75) is 45.6 Å². The molecule has 0 aromatic carbocycles. The van der Waals surface area contributed by atoms with Crippen LogP contribution < -0.4 is 4.72 Å². The highest BCUT2D eigenvalue weighted by molar-refractivity contribution is 7.89. The summed E-state index contributed by atoms with van der Waals surface area (Å²) in [5, 5.41) is 0. The summed E-state index contributed by atoms with van der Waals surface area (Å²) in [5.74, 6) is 0.614. The third-order valence-electron chi connectivity index (χ3n) is 3.51. The van der Waals surface area contributed by atoms with Gasteiger partial charge in [0.2, 0.25) is 10.0 Å². The highest BCUT2D eigenvalue weighted by atomic mass is 32.2. The molecular weight excluding hydrogens is 260 g/mol. The zero-order valence-electron chi connectivity index (χ0n) is 11.6. The van der Waals surface area contributed by atoms with E-state index < -0.39 is 10.0 Å². The molecule has 1 aliphatic rings. The predicted octanol–water partition coefficient (Wildman–Crippen LogP) is 2.56. The second-order valence-corrected chi connectivity index (χ2v) is 7.18. The van der Waals surface area contributed by atoms with Gasteiger partial charge in [-0.1, -0.05) is 19.4 Å². The van der Waals surface area contributed by atoms with Crippen LogP contribution in [0.25, 0.3) is 0 Å². The molecule has 0 radical (unpaired) electrons. The Bertz CT molecular complexity index is 524. The van der Waals surface area contributed by atoms with Crippen molar-refractivity contribution in [1.82, 2.24) is 9.71 Å². The number of nitrogens with one attached hydrogen (secondary N) is 1. The van der Waals surface area contributed by atoms with Gasteiger partial charge in [-0.2, -0.15) is 0 Å². The van der Waals surface area contributed by atoms with Crippen LogP contribution in [-0.4, -0.2) is 19.2 Å². The van der Waals surface area contributed by atoms with Crippen molar-refractivity contribution < 1.29 is 8.42 Å². The molecule has 1 heterocycles. The van der Waals surface area contributed by atoms with Crippen LogP contribution in [0.4, 0.5) is 0 Å². The van der Waals surface area contributed by atoms with Gasteiger partial charge in [-0.05, 0) is 43.7 Å². The first-order chi connectivity index (χ1) is 9.03. The van der Waals surface area contributed by atoms with E-state index in [1.54, 1.807) is 6.20 Å². The van der Waals surface area contributed by atoms with Crippen molar-refractivity contribution in [2.75, 3.05) is 5.75 Å². The summed E-state index contributed by atoms with van der Waals surface area (Å²) in [7, 11) is -3.20. The number of rotatable bonds is 7. The van der Waals surface area contributed by atoms with Crippen LogP contribution in [0.3, 0.4) is 0 Å². The first kappa shape index (κ1) is 14.5. The fourth-order valence-electron chi connectivity index (χ4n) is 2.22. The van der Waals surface area contributed by atoms with Gasteiger partial charge < -0.3 is 0 Å². The van der Waals surface area contributed by atoms with Gasteiger partial charge in [-0.3, -0.25) is 4.98 Å². The molecule has 4 nitrogen and oxygen atoms in total. The monoisotopic (exact) mass is 282 g/mol. The fraction of sp³-hybridized carbons (Fsp3) is 0.643. The average molecular weight is 282 g/mol. The molecule has 1 aromatic rings. The molecule has 1 aromatic heterocycles. The first-order valence-corrected chi connectivity index (χ1v) is 8.60. The fourth-order valence-corrected chi connectivity index (χ4v) is 3.69. The SMILES string of the molecule is CCCCS(=O)(=O)NC(c1ncccc1C)C1CC1. The van der Waals surface area contributed by atoms with Crippen molar-refractivity contribution >= 4 is 10.0 Å². The predicted molar refractivity (Wildman–Crippen MR) is 76.3 cm³/mol. The van der Waals surface area contributed by atoms with E-state index in [2.05, 4.69) is 9.71 Å². The molecule has 0 amide bonds. The molecule has 1 N–H and O–H groups in total. The highest BCUT2D eigenvalue weighted by Gasteiger charge is 2.36. The lowest BCUT2D eigenvalue weighted by Gasteiger charge is -2.19. The molecule has 1 atom stereocenters. The van der Waals surface area contributed by atoms with Crippen molar-refractivity contribution in [3.63, 3.8) is 0 Å². The summed E-state index contributed by atoms with van der Waals surface area (Å²) in [6.07, 6.45) is 5.48. The van der Waals surface area contributed by atoms with E-state index >= 15 is 0 Å². The van der Waals surface area contributed by atoms with Gasteiger partial charge in [0.15, 0.2) is 0 Å². The average Bonchev–Trinajstić information content (AvgIpc) is 3.19. The van der Waals surface area contributed by atoms with Gasteiger partial charge in [0.05, 0.1) is 17.5 Å². The Hall–Kier alpha value is -0.940. The van der Waals surface area contributed by atoms with Crippen LogP contribution in [-0.2, 0) is 10.0 Å². The van der Waals surface area contributed by atoms with Crippen LogP contribution in [0.15, 0.2) is 18.3 Å². The number of hydrogen-bond acceptors (Lipinski definition) is 3. The van der Waals surface area contributed by atoms with E-state index in [1.165, 1.54) is 0 Å². The molecule has 19 heavy (non-hydrogen) atoms. The van der Waals surface area contributed by atoms with Gasteiger partial charge in [0.1, 0.15) is 0 Å². The molecule has 106 valence electrons. The van der Waals surface area contributed by atoms with Gasteiger partial charge in [0.25, 0.3) is 0 Å². The quantitative estimate of drug-likeness (QED) is 0.836. The number of aromatic nitrogens is 1. The minimum Gasteiger partial charge on any atom is -0.259 e. The topological polar surface area (TPSA) is 59.1 Å². The van der Waals surface area contributed by atoms with Crippen LogP contribution in [0.5, 0.6) is 0 Å². The number of nitrogens with zero attached hydrogens (tertiary/aromatic N) is 1. The summed E-state index contributed by atoms with van der Waals surface area (Å²) in [6.45, 7) is 3.98.